The average molecular weight is 195 g/mol. The zero-order valence-electron chi connectivity index (χ0n) is 8.93. The molecule has 0 radical (unpaired) electrons. The predicted octanol–water partition coefficient (Wildman–Crippen LogP) is 2.09. The van der Waals surface area contributed by atoms with Gasteiger partial charge in [0.05, 0.1) is 0 Å². The van der Waals surface area contributed by atoms with Crippen LogP contribution in [0.4, 0.5) is 0 Å². The third-order valence-corrected chi connectivity index (χ3v) is 4.47. The molecule has 80 valence electrons. The lowest BCUT2D eigenvalue weighted by Crippen LogP contribution is -2.49. The molecule has 3 rings (SSSR count). The Labute approximate surface area is 86.4 Å². The molecule has 1 N–H and O–H groups in total. The van der Waals surface area contributed by atoms with Gasteiger partial charge in [0.2, 0.25) is 0 Å². The smallest absolute Gasteiger partial charge is 0.0480 e. The first kappa shape index (κ1) is 9.17. The monoisotopic (exact) mass is 195 g/mol. The van der Waals surface area contributed by atoms with Crippen LogP contribution >= 0.6 is 0 Å². The van der Waals surface area contributed by atoms with E-state index in [9.17, 15) is 0 Å². The molecule has 0 aromatic carbocycles. The lowest BCUT2D eigenvalue weighted by Gasteiger charge is -2.35. The van der Waals surface area contributed by atoms with Crippen molar-refractivity contribution in [2.75, 3.05) is 13.2 Å². The molecule has 1 heterocycles. The summed E-state index contributed by atoms with van der Waals surface area (Å²) in [6.45, 7) is 1.94. The predicted molar refractivity (Wildman–Crippen MR) is 56.3 cm³/mol. The molecule has 0 amide bonds. The van der Waals surface area contributed by atoms with Gasteiger partial charge >= 0.3 is 0 Å². The van der Waals surface area contributed by atoms with E-state index in [0.29, 0.717) is 5.54 Å². The van der Waals surface area contributed by atoms with Crippen LogP contribution in [-0.2, 0) is 4.74 Å². The van der Waals surface area contributed by atoms with E-state index in [0.717, 1.165) is 25.2 Å². The minimum Gasteiger partial charge on any atom is -0.381 e. The van der Waals surface area contributed by atoms with Crippen molar-refractivity contribution in [1.29, 1.82) is 0 Å². The Bertz CT molecular complexity index is 202. The van der Waals surface area contributed by atoms with Crippen LogP contribution in [0.5, 0.6) is 0 Å². The summed E-state index contributed by atoms with van der Waals surface area (Å²) in [6.07, 6.45) is 9.76. The van der Waals surface area contributed by atoms with Crippen LogP contribution in [0, 0.1) is 5.92 Å². The summed E-state index contributed by atoms with van der Waals surface area (Å²) in [7, 11) is 0. The van der Waals surface area contributed by atoms with Gasteiger partial charge in [0.25, 0.3) is 0 Å². The van der Waals surface area contributed by atoms with E-state index in [1.165, 1.54) is 44.9 Å². The topological polar surface area (TPSA) is 21.3 Å². The van der Waals surface area contributed by atoms with Crippen LogP contribution in [0.1, 0.15) is 44.9 Å². The van der Waals surface area contributed by atoms with Gasteiger partial charge in [-0.2, -0.15) is 0 Å². The maximum absolute atomic E-state index is 5.40. The molecule has 1 saturated heterocycles. The Kier molecular flexibility index (Phi) is 2.29. The quantitative estimate of drug-likeness (QED) is 0.728. The molecule has 2 bridgehead atoms. The third-order valence-electron chi connectivity index (χ3n) is 4.47. The van der Waals surface area contributed by atoms with E-state index in [4.69, 9.17) is 4.74 Å². The zero-order chi connectivity index (χ0) is 9.43. The summed E-state index contributed by atoms with van der Waals surface area (Å²) in [4.78, 5) is 0. The maximum Gasteiger partial charge on any atom is 0.0480 e. The number of hydrogen-bond acceptors (Lipinski definition) is 2. The normalized spacial score (nSPS) is 43.3. The van der Waals surface area contributed by atoms with E-state index in [-0.39, 0.29) is 0 Å². The molecular weight excluding hydrogens is 174 g/mol. The molecular formula is C12H21NO. The molecule has 0 spiro atoms. The first-order valence-electron chi connectivity index (χ1n) is 6.22. The Hall–Kier alpha value is -0.0800. The van der Waals surface area contributed by atoms with E-state index in [1.54, 1.807) is 0 Å². The van der Waals surface area contributed by atoms with Crippen LogP contribution in [0.25, 0.3) is 0 Å². The molecule has 3 aliphatic rings. The van der Waals surface area contributed by atoms with E-state index >= 15 is 0 Å². The third kappa shape index (κ3) is 1.59. The molecule has 0 aromatic heterocycles. The Morgan fingerprint density at radius 2 is 1.71 bits per heavy atom. The van der Waals surface area contributed by atoms with E-state index in [2.05, 4.69) is 5.32 Å². The highest BCUT2D eigenvalue weighted by molar-refractivity contribution is 5.03. The molecule has 0 aromatic rings. The van der Waals surface area contributed by atoms with Crippen molar-refractivity contribution in [3.05, 3.63) is 0 Å². The highest BCUT2D eigenvalue weighted by atomic mass is 16.5. The highest BCUT2D eigenvalue weighted by Crippen LogP contribution is 2.48. The molecule has 2 nitrogen and oxygen atoms in total. The second-order valence-corrected chi connectivity index (χ2v) is 5.46. The summed E-state index contributed by atoms with van der Waals surface area (Å²) in [5, 5.41) is 3.94. The lowest BCUT2D eigenvalue weighted by atomic mass is 9.92. The molecule has 2 aliphatic carbocycles. The molecule has 2 heteroatoms. The van der Waals surface area contributed by atoms with Gasteiger partial charge in [-0.3, -0.25) is 0 Å². The van der Waals surface area contributed by atoms with Crippen molar-refractivity contribution >= 4 is 0 Å². The van der Waals surface area contributed by atoms with Gasteiger partial charge in [0, 0.05) is 24.8 Å². The lowest BCUT2D eigenvalue weighted by molar-refractivity contribution is 0.0679. The van der Waals surface area contributed by atoms with Gasteiger partial charge in [0.15, 0.2) is 0 Å². The van der Waals surface area contributed by atoms with Crippen molar-refractivity contribution in [3.8, 4) is 0 Å². The van der Waals surface area contributed by atoms with E-state index < -0.39 is 0 Å². The van der Waals surface area contributed by atoms with Crippen molar-refractivity contribution in [2.45, 2.75) is 56.5 Å². The minimum absolute atomic E-state index is 0.562. The molecule has 1 aliphatic heterocycles. The fraction of sp³-hybridized carbons (Fsp3) is 1.00. The Morgan fingerprint density at radius 3 is 2.29 bits per heavy atom. The summed E-state index contributed by atoms with van der Waals surface area (Å²) in [5.74, 6) is 1.06. The van der Waals surface area contributed by atoms with Gasteiger partial charge in [-0.1, -0.05) is 0 Å². The van der Waals surface area contributed by atoms with Gasteiger partial charge in [0.1, 0.15) is 0 Å². The second kappa shape index (κ2) is 3.49. The fourth-order valence-electron chi connectivity index (χ4n) is 3.67. The second-order valence-electron chi connectivity index (χ2n) is 5.46. The minimum atomic E-state index is 0.562. The van der Waals surface area contributed by atoms with Crippen molar-refractivity contribution in [1.82, 2.24) is 5.32 Å². The molecule has 14 heavy (non-hydrogen) atoms. The summed E-state index contributed by atoms with van der Waals surface area (Å²) < 4.78 is 5.40. The number of rotatable bonds is 2. The fourth-order valence-corrected chi connectivity index (χ4v) is 3.67. The SMILES string of the molecule is C1CC(NC23CCC(CC2)C3)CCO1. The molecule has 0 unspecified atom stereocenters. The van der Waals surface area contributed by atoms with E-state index in [1.807, 2.05) is 0 Å². The van der Waals surface area contributed by atoms with Crippen molar-refractivity contribution in [3.63, 3.8) is 0 Å². The van der Waals surface area contributed by atoms with Gasteiger partial charge in [-0.15, -0.1) is 0 Å². The van der Waals surface area contributed by atoms with Gasteiger partial charge in [-0.05, 0) is 50.9 Å². The maximum atomic E-state index is 5.40. The van der Waals surface area contributed by atoms with Crippen LogP contribution in [-0.4, -0.2) is 24.8 Å². The number of ether oxygens (including phenoxy) is 1. The number of nitrogens with one attached hydrogen (secondary N) is 1. The first-order valence-corrected chi connectivity index (χ1v) is 6.22. The first-order chi connectivity index (χ1) is 6.86. The zero-order valence-corrected chi connectivity index (χ0v) is 8.93. The Balaban J connectivity index is 1.60. The average Bonchev–Trinajstić information content (AvgIpc) is 2.78. The van der Waals surface area contributed by atoms with Crippen LogP contribution in [0.15, 0.2) is 0 Å². The summed E-state index contributed by atoms with van der Waals surface area (Å²) in [5.41, 5.74) is 0.562. The van der Waals surface area contributed by atoms with Crippen molar-refractivity contribution in [2.24, 2.45) is 5.92 Å². The molecule has 2 saturated carbocycles. The van der Waals surface area contributed by atoms with Crippen LogP contribution in [0.3, 0.4) is 0 Å². The number of fused-ring (bicyclic) bond motifs is 2. The summed E-state index contributed by atoms with van der Waals surface area (Å²) >= 11 is 0. The van der Waals surface area contributed by atoms with Gasteiger partial charge in [-0.25, -0.2) is 0 Å². The molecule has 3 fully saturated rings. The molecule has 0 atom stereocenters. The summed E-state index contributed by atoms with van der Waals surface area (Å²) in [6, 6.07) is 0.751. The standard InChI is InChI=1S/C12H21NO/c1-5-12(6-2-10(1)9-12)13-11-3-7-14-8-4-11/h10-11,13H,1-9H2. The van der Waals surface area contributed by atoms with Crippen molar-refractivity contribution < 1.29 is 4.74 Å². The highest BCUT2D eigenvalue weighted by Gasteiger charge is 2.45. The van der Waals surface area contributed by atoms with Crippen LogP contribution in [0.2, 0.25) is 0 Å². The van der Waals surface area contributed by atoms with Crippen LogP contribution < -0.4 is 5.32 Å². The Morgan fingerprint density at radius 1 is 1.00 bits per heavy atom. The number of hydrogen-bond donors (Lipinski definition) is 1. The van der Waals surface area contributed by atoms with Gasteiger partial charge < -0.3 is 10.1 Å². The largest absolute Gasteiger partial charge is 0.381 e.